The average Bonchev–Trinajstić information content (AvgIpc) is 2.84. The van der Waals surface area contributed by atoms with Crippen LogP contribution >= 0.6 is 11.8 Å². The second kappa shape index (κ2) is 8.45. The third-order valence-corrected chi connectivity index (χ3v) is 6.37. The zero-order chi connectivity index (χ0) is 14.4. The van der Waals surface area contributed by atoms with E-state index in [1.54, 1.807) is 0 Å². The van der Waals surface area contributed by atoms with Crippen molar-refractivity contribution in [1.82, 2.24) is 5.32 Å². The van der Waals surface area contributed by atoms with Gasteiger partial charge in [-0.3, -0.25) is 0 Å². The molecule has 2 rings (SSSR count). The van der Waals surface area contributed by atoms with Gasteiger partial charge in [-0.1, -0.05) is 38.2 Å². The van der Waals surface area contributed by atoms with Gasteiger partial charge in [-0.15, -0.1) is 6.58 Å². The zero-order valence-electron chi connectivity index (χ0n) is 13.1. The Hall–Kier alpha value is 0.01000. The van der Waals surface area contributed by atoms with Gasteiger partial charge in [0.2, 0.25) is 0 Å². The van der Waals surface area contributed by atoms with Gasteiger partial charge in [-0.05, 0) is 32.7 Å². The summed E-state index contributed by atoms with van der Waals surface area (Å²) in [7, 11) is 2.10. The lowest BCUT2D eigenvalue weighted by Crippen LogP contribution is -2.39. The van der Waals surface area contributed by atoms with E-state index in [-0.39, 0.29) is 0 Å². The minimum absolute atomic E-state index is 0.382. The van der Waals surface area contributed by atoms with Crippen molar-refractivity contribution in [2.24, 2.45) is 5.92 Å². The Kier molecular flexibility index (Phi) is 6.92. The number of hydrogen-bond acceptors (Lipinski definition) is 3. The molecule has 0 radical (unpaired) electrons. The van der Waals surface area contributed by atoms with E-state index in [0.29, 0.717) is 23.5 Å². The van der Waals surface area contributed by atoms with Crippen LogP contribution in [0.4, 0.5) is 0 Å². The first-order valence-electron chi connectivity index (χ1n) is 8.29. The molecule has 0 aromatic carbocycles. The summed E-state index contributed by atoms with van der Waals surface area (Å²) in [5.74, 6) is 1.96. The number of ether oxygens (including phenoxy) is 1. The largest absolute Gasteiger partial charge is 0.372 e. The zero-order valence-corrected chi connectivity index (χ0v) is 14.0. The molecule has 0 spiro atoms. The summed E-state index contributed by atoms with van der Waals surface area (Å²) in [6.45, 7) is 6.05. The van der Waals surface area contributed by atoms with Crippen LogP contribution in [0.1, 0.15) is 51.9 Å². The lowest BCUT2D eigenvalue weighted by Gasteiger charge is -2.29. The Bertz CT molecular complexity index is 291. The van der Waals surface area contributed by atoms with Gasteiger partial charge in [0.15, 0.2) is 0 Å². The molecule has 2 fully saturated rings. The summed E-state index contributed by atoms with van der Waals surface area (Å²) in [5, 5.41) is 4.17. The number of likely N-dealkylation sites (N-methyl/N-ethyl adjacent to an activating group) is 1. The quantitative estimate of drug-likeness (QED) is 0.717. The standard InChI is InChI=1S/C17H31NOS/c1-4-10-20-17-12-16(19-13(17)2)15(18-3)11-14-8-6-5-7-9-14/h4,13-18H,1,5-12H2,2-3H3. The molecule has 0 amide bonds. The maximum atomic E-state index is 6.25. The van der Waals surface area contributed by atoms with Gasteiger partial charge >= 0.3 is 0 Å². The summed E-state index contributed by atoms with van der Waals surface area (Å²) in [4.78, 5) is 0. The molecule has 20 heavy (non-hydrogen) atoms. The van der Waals surface area contributed by atoms with E-state index in [1.165, 1.54) is 44.9 Å². The highest BCUT2D eigenvalue weighted by Crippen LogP contribution is 2.35. The van der Waals surface area contributed by atoms with Gasteiger partial charge in [0.25, 0.3) is 0 Å². The van der Waals surface area contributed by atoms with Crippen molar-refractivity contribution in [2.75, 3.05) is 12.8 Å². The van der Waals surface area contributed by atoms with Crippen LogP contribution in [0, 0.1) is 5.92 Å². The Morgan fingerprint density at radius 3 is 2.75 bits per heavy atom. The molecule has 2 nitrogen and oxygen atoms in total. The molecule has 0 aromatic heterocycles. The van der Waals surface area contributed by atoms with E-state index in [4.69, 9.17) is 4.74 Å². The highest BCUT2D eigenvalue weighted by Gasteiger charge is 2.37. The van der Waals surface area contributed by atoms with Crippen LogP contribution in [-0.4, -0.2) is 36.3 Å². The van der Waals surface area contributed by atoms with Crippen LogP contribution in [0.5, 0.6) is 0 Å². The van der Waals surface area contributed by atoms with Crippen LogP contribution in [0.25, 0.3) is 0 Å². The first kappa shape index (κ1) is 16.4. The summed E-state index contributed by atoms with van der Waals surface area (Å²) >= 11 is 2.00. The van der Waals surface area contributed by atoms with Crippen LogP contribution in [0.15, 0.2) is 12.7 Å². The van der Waals surface area contributed by atoms with Crippen molar-refractivity contribution in [1.29, 1.82) is 0 Å². The molecule has 1 aliphatic carbocycles. The van der Waals surface area contributed by atoms with E-state index < -0.39 is 0 Å². The van der Waals surface area contributed by atoms with Crippen LogP contribution in [0.2, 0.25) is 0 Å². The lowest BCUT2D eigenvalue weighted by molar-refractivity contribution is 0.0272. The Morgan fingerprint density at radius 1 is 1.35 bits per heavy atom. The van der Waals surface area contributed by atoms with E-state index in [2.05, 4.69) is 25.9 Å². The summed E-state index contributed by atoms with van der Waals surface area (Å²) in [6, 6.07) is 0.537. The molecule has 1 saturated heterocycles. The predicted molar refractivity (Wildman–Crippen MR) is 89.4 cm³/mol. The van der Waals surface area contributed by atoms with Gasteiger partial charge < -0.3 is 10.1 Å². The van der Waals surface area contributed by atoms with E-state index in [1.807, 2.05) is 17.8 Å². The third-order valence-electron chi connectivity index (χ3n) is 4.94. The fourth-order valence-corrected chi connectivity index (χ4v) is 4.78. The highest BCUT2D eigenvalue weighted by atomic mass is 32.2. The fraction of sp³-hybridized carbons (Fsp3) is 0.882. The van der Waals surface area contributed by atoms with Crippen LogP contribution in [0.3, 0.4) is 0 Å². The van der Waals surface area contributed by atoms with Crippen molar-refractivity contribution < 1.29 is 4.74 Å². The molecule has 4 atom stereocenters. The third kappa shape index (κ3) is 4.51. The molecule has 1 aliphatic heterocycles. The van der Waals surface area contributed by atoms with Crippen LogP contribution < -0.4 is 5.32 Å². The molecule has 4 unspecified atom stereocenters. The molecule has 2 aliphatic rings. The van der Waals surface area contributed by atoms with Gasteiger partial charge in [0.05, 0.1) is 12.2 Å². The SMILES string of the molecule is C=CCSC1CC(C(CC2CCCCC2)NC)OC1C. The van der Waals surface area contributed by atoms with Crippen molar-refractivity contribution in [3.05, 3.63) is 12.7 Å². The van der Waals surface area contributed by atoms with Gasteiger partial charge in [0.1, 0.15) is 0 Å². The molecular formula is C17H31NOS. The average molecular weight is 298 g/mol. The number of thioether (sulfide) groups is 1. The molecule has 0 bridgehead atoms. The molecule has 116 valence electrons. The minimum atomic E-state index is 0.382. The topological polar surface area (TPSA) is 21.3 Å². The second-order valence-corrected chi connectivity index (χ2v) is 7.68. The molecule has 0 aromatic rings. The Balaban J connectivity index is 1.83. The highest BCUT2D eigenvalue weighted by molar-refractivity contribution is 8.00. The van der Waals surface area contributed by atoms with Gasteiger partial charge in [0, 0.05) is 17.0 Å². The van der Waals surface area contributed by atoms with E-state index in [9.17, 15) is 0 Å². The Morgan fingerprint density at radius 2 is 2.10 bits per heavy atom. The molecule has 3 heteroatoms. The monoisotopic (exact) mass is 297 g/mol. The first-order chi connectivity index (χ1) is 9.74. The smallest absolute Gasteiger partial charge is 0.0743 e. The summed E-state index contributed by atoms with van der Waals surface area (Å²) in [6.07, 6.45) is 12.4. The van der Waals surface area contributed by atoms with Crippen molar-refractivity contribution in [2.45, 2.75) is 75.4 Å². The first-order valence-corrected chi connectivity index (χ1v) is 9.34. The summed E-state index contributed by atoms with van der Waals surface area (Å²) < 4.78 is 6.25. The number of rotatable bonds is 7. The van der Waals surface area contributed by atoms with Gasteiger partial charge in [-0.2, -0.15) is 11.8 Å². The van der Waals surface area contributed by atoms with E-state index in [0.717, 1.165) is 11.7 Å². The van der Waals surface area contributed by atoms with Gasteiger partial charge in [-0.25, -0.2) is 0 Å². The van der Waals surface area contributed by atoms with Crippen LogP contribution in [-0.2, 0) is 4.74 Å². The molecule has 1 N–H and O–H groups in total. The summed E-state index contributed by atoms with van der Waals surface area (Å²) in [5.41, 5.74) is 0. The normalized spacial score (nSPS) is 33.2. The van der Waals surface area contributed by atoms with E-state index >= 15 is 0 Å². The lowest BCUT2D eigenvalue weighted by atomic mass is 9.83. The number of nitrogens with one attached hydrogen (secondary N) is 1. The molecule has 1 saturated carbocycles. The van der Waals surface area contributed by atoms with Crippen molar-refractivity contribution >= 4 is 11.8 Å². The fourth-order valence-electron chi connectivity index (χ4n) is 3.73. The second-order valence-electron chi connectivity index (χ2n) is 6.41. The van der Waals surface area contributed by atoms with Crippen molar-refractivity contribution in [3.63, 3.8) is 0 Å². The molecule has 1 heterocycles. The number of hydrogen-bond donors (Lipinski definition) is 1. The maximum Gasteiger partial charge on any atom is 0.0743 e. The maximum absolute atomic E-state index is 6.25. The predicted octanol–water partition coefficient (Wildman–Crippen LogP) is 4.01. The Labute approximate surface area is 129 Å². The molecular weight excluding hydrogens is 266 g/mol. The minimum Gasteiger partial charge on any atom is -0.372 e. The van der Waals surface area contributed by atoms with Crippen molar-refractivity contribution in [3.8, 4) is 0 Å².